The maximum atomic E-state index is 5.60. The first-order chi connectivity index (χ1) is 4.79. The van der Waals surface area contributed by atoms with Gasteiger partial charge in [-0.1, -0.05) is 12.2 Å². The van der Waals surface area contributed by atoms with E-state index in [4.69, 9.17) is 4.74 Å². The summed E-state index contributed by atoms with van der Waals surface area (Å²) >= 11 is 0. The van der Waals surface area contributed by atoms with Crippen molar-refractivity contribution in [1.82, 2.24) is 0 Å². The molecule has 0 aliphatic heterocycles. The van der Waals surface area contributed by atoms with Crippen LogP contribution in [0.4, 0.5) is 0 Å². The van der Waals surface area contributed by atoms with E-state index in [1.165, 1.54) is 19.3 Å². The van der Waals surface area contributed by atoms with E-state index < -0.39 is 0 Å². The normalized spacial score (nSPS) is 25.7. The van der Waals surface area contributed by atoms with Gasteiger partial charge in [-0.2, -0.15) is 0 Å². The molecule has 0 unspecified atom stereocenters. The Bertz CT molecular complexity index is 116. The third-order valence-electron chi connectivity index (χ3n) is 1.66. The molecular weight excluding hydrogens is 124 g/mol. The average Bonchev–Trinajstić information content (AvgIpc) is 1.88. The molecule has 0 aromatic carbocycles. The number of rotatable bonds is 2. The first kappa shape index (κ1) is 7.80. The first-order valence-electron chi connectivity index (χ1n) is 4.11. The SMILES string of the molecule is CC(C)O[C@H]1C=CCCC1. The summed E-state index contributed by atoms with van der Waals surface area (Å²) in [6, 6.07) is 0. The number of hydrogen-bond donors (Lipinski definition) is 0. The summed E-state index contributed by atoms with van der Waals surface area (Å²) in [6.07, 6.45) is 8.89. The molecule has 0 bridgehead atoms. The molecule has 0 aromatic heterocycles. The Kier molecular flexibility index (Phi) is 2.94. The smallest absolute Gasteiger partial charge is 0.0759 e. The molecule has 1 rings (SSSR count). The second-order valence-corrected chi connectivity index (χ2v) is 3.08. The van der Waals surface area contributed by atoms with E-state index in [1.807, 2.05) is 0 Å². The van der Waals surface area contributed by atoms with Crippen molar-refractivity contribution in [3.8, 4) is 0 Å². The lowest BCUT2D eigenvalue weighted by atomic mass is 10.1. The van der Waals surface area contributed by atoms with Crippen LogP contribution in [-0.4, -0.2) is 12.2 Å². The van der Waals surface area contributed by atoms with Crippen molar-refractivity contribution in [2.75, 3.05) is 0 Å². The van der Waals surface area contributed by atoms with E-state index in [9.17, 15) is 0 Å². The standard InChI is InChI=1S/C9H16O/c1-8(2)10-9-6-4-3-5-7-9/h4,6,8-9H,3,5,7H2,1-2H3/t9-/m0/s1. The van der Waals surface area contributed by atoms with Crippen LogP contribution in [0.1, 0.15) is 33.1 Å². The molecule has 0 radical (unpaired) electrons. The van der Waals surface area contributed by atoms with Crippen molar-refractivity contribution in [2.24, 2.45) is 0 Å². The van der Waals surface area contributed by atoms with Crippen molar-refractivity contribution in [3.05, 3.63) is 12.2 Å². The van der Waals surface area contributed by atoms with Gasteiger partial charge in [0, 0.05) is 0 Å². The topological polar surface area (TPSA) is 9.23 Å². The van der Waals surface area contributed by atoms with Crippen LogP contribution in [-0.2, 0) is 4.74 Å². The van der Waals surface area contributed by atoms with E-state index in [0.717, 1.165) is 0 Å². The molecule has 0 aromatic rings. The summed E-state index contributed by atoms with van der Waals surface area (Å²) in [4.78, 5) is 0. The molecule has 58 valence electrons. The van der Waals surface area contributed by atoms with Crippen molar-refractivity contribution in [1.29, 1.82) is 0 Å². The highest BCUT2D eigenvalue weighted by Crippen LogP contribution is 2.14. The van der Waals surface area contributed by atoms with Crippen molar-refractivity contribution >= 4 is 0 Å². The molecule has 0 spiro atoms. The van der Waals surface area contributed by atoms with Crippen molar-refractivity contribution < 1.29 is 4.74 Å². The molecule has 1 aliphatic rings. The second-order valence-electron chi connectivity index (χ2n) is 3.08. The summed E-state index contributed by atoms with van der Waals surface area (Å²) in [5.41, 5.74) is 0. The lowest BCUT2D eigenvalue weighted by Gasteiger charge is -2.19. The third-order valence-corrected chi connectivity index (χ3v) is 1.66. The van der Waals surface area contributed by atoms with E-state index >= 15 is 0 Å². The van der Waals surface area contributed by atoms with Crippen LogP contribution >= 0.6 is 0 Å². The van der Waals surface area contributed by atoms with Gasteiger partial charge in [-0.15, -0.1) is 0 Å². The van der Waals surface area contributed by atoms with Crippen LogP contribution in [0.3, 0.4) is 0 Å². The summed E-state index contributed by atoms with van der Waals surface area (Å²) in [6.45, 7) is 4.17. The minimum atomic E-state index is 0.368. The Balaban J connectivity index is 2.26. The quantitative estimate of drug-likeness (QED) is 0.535. The molecule has 0 saturated heterocycles. The Labute approximate surface area is 63.1 Å². The minimum absolute atomic E-state index is 0.368. The zero-order chi connectivity index (χ0) is 7.40. The summed E-state index contributed by atoms with van der Waals surface area (Å²) in [7, 11) is 0. The number of hydrogen-bond acceptors (Lipinski definition) is 1. The van der Waals surface area contributed by atoms with Crippen LogP contribution in [0.25, 0.3) is 0 Å². The van der Waals surface area contributed by atoms with E-state index in [-0.39, 0.29) is 0 Å². The van der Waals surface area contributed by atoms with Crippen LogP contribution in [0.2, 0.25) is 0 Å². The fraction of sp³-hybridized carbons (Fsp3) is 0.778. The maximum absolute atomic E-state index is 5.60. The van der Waals surface area contributed by atoms with Gasteiger partial charge in [-0.3, -0.25) is 0 Å². The molecule has 1 heteroatoms. The Morgan fingerprint density at radius 3 is 2.80 bits per heavy atom. The second kappa shape index (κ2) is 3.77. The van der Waals surface area contributed by atoms with E-state index in [2.05, 4.69) is 26.0 Å². The Morgan fingerprint density at radius 2 is 2.30 bits per heavy atom. The predicted octanol–water partition coefficient (Wildman–Crippen LogP) is 2.52. The molecular formula is C9H16O. The molecule has 0 amide bonds. The van der Waals surface area contributed by atoms with Gasteiger partial charge in [-0.25, -0.2) is 0 Å². The Morgan fingerprint density at radius 1 is 1.50 bits per heavy atom. The van der Waals surface area contributed by atoms with Crippen molar-refractivity contribution in [3.63, 3.8) is 0 Å². The van der Waals surface area contributed by atoms with Crippen LogP contribution in [0, 0.1) is 0 Å². The zero-order valence-corrected chi connectivity index (χ0v) is 6.84. The van der Waals surface area contributed by atoms with Gasteiger partial charge >= 0.3 is 0 Å². The van der Waals surface area contributed by atoms with Gasteiger partial charge in [0.1, 0.15) is 0 Å². The number of ether oxygens (including phenoxy) is 1. The molecule has 1 nitrogen and oxygen atoms in total. The fourth-order valence-corrected chi connectivity index (χ4v) is 1.24. The van der Waals surface area contributed by atoms with Crippen molar-refractivity contribution in [2.45, 2.75) is 45.3 Å². The monoisotopic (exact) mass is 140 g/mol. The zero-order valence-electron chi connectivity index (χ0n) is 6.84. The highest BCUT2D eigenvalue weighted by atomic mass is 16.5. The lowest BCUT2D eigenvalue weighted by Crippen LogP contribution is -2.16. The molecule has 1 atom stereocenters. The molecule has 0 fully saturated rings. The molecule has 0 heterocycles. The van der Waals surface area contributed by atoms with Gasteiger partial charge in [0.2, 0.25) is 0 Å². The fourth-order valence-electron chi connectivity index (χ4n) is 1.24. The van der Waals surface area contributed by atoms with Gasteiger partial charge in [0.25, 0.3) is 0 Å². The largest absolute Gasteiger partial charge is 0.372 e. The minimum Gasteiger partial charge on any atom is -0.372 e. The predicted molar refractivity (Wildman–Crippen MR) is 43.0 cm³/mol. The third kappa shape index (κ3) is 2.53. The van der Waals surface area contributed by atoms with E-state index in [1.54, 1.807) is 0 Å². The summed E-state index contributed by atoms with van der Waals surface area (Å²) < 4.78 is 5.60. The molecule has 1 aliphatic carbocycles. The van der Waals surface area contributed by atoms with Gasteiger partial charge in [0.15, 0.2) is 0 Å². The lowest BCUT2D eigenvalue weighted by molar-refractivity contribution is 0.0279. The molecule has 0 N–H and O–H groups in total. The summed E-state index contributed by atoms with van der Waals surface area (Å²) in [5.74, 6) is 0. The maximum Gasteiger partial charge on any atom is 0.0759 e. The number of allylic oxidation sites excluding steroid dienone is 1. The first-order valence-corrected chi connectivity index (χ1v) is 4.11. The van der Waals surface area contributed by atoms with Gasteiger partial charge in [-0.05, 0) is 33.1 Å². The van der Waals surface area contributed by atoms with Crippen LogP contribution in [0.5, 0.6) is 0 Å². The van der Waals surface area contributed by atoms with E-state index in [0.29, 0.717) is 12.2 Å². The van der Waals surface area contributed by atoms with Gasteiger partial charge < -0.3 is 4.74 Å². The highest BCUT2D eigenvalue weighted by molar-refractivity contribution is 4.94. The Hall–Kier alpha value is -0.300. The summed E-state index contributed by atoms with van der Waals surface area (Å²) in [5, 5.41) is 0. The molecule has 0 saturated carbocycles. The average molecular weight is 140 g/mol. The molecule has 10 heavy (non-hydrogen) atoms. The van der Waals surface area contributed by atoms with Crippen LogP contribution < -0.4 is 0 Å². The highest BCUT2D eigenvalue weighted by Gasteiger charge is 2.09. The van der Waals surface area contributed by atoms with Gasteiger partial charge in [0.05, 0.1) is 12.2 Å². The van der Waals surface area contributed by atoms with Crippen LogP contribution in [0.15, 0.2) is 12.2 Å².